The monoisotopic (exact) mass is 490 g/mol. The Kier molecular flexibility index (Phi) is 6.44. The molecule has 0 bridgehead atoms. The molecule has 1 saturated carbocycles. The van der Waals surface area contributed by atoms with Crippen LogP contribution in [-0.4, -0.2) is 35.7 Å². The van der Waals surface area contributed by atoms with Crippen molar-refractivity contribution in [3.63, 3.8) is 0 Å². The molecule has 2 unspecified atom stereocenters. The highest BCUT2D eigenvalue weighted by atomic mass is 35.5. The number of primary sulfonamides is 1. The zero-order chi connectivity index (χ0) is 23.8. The molecule has 2 amide bonds. The Balaban J connectivity index is 1.74. The number of aromatic nitrogens is 1. The van der Waals surface area contributed by atoms with E-state index in [1.807, 2.05) is 0 Å². The van der Waals surface area contributed by atoms with Gasteiger partial charge in [0.15, 0.2) is 11.7 Å². The molecular weight excluding hydrogens is 468 g/mol. The van der Waals surface area contributed by atoms with Gasteiger partial charge in [0.2, 0.25) is 10.0 Å². The fourth-order valence-corrected chi connectivity index (χ4v) is 4.74. The van der Waals surface area contributed by atoms with E-state index < -0.39 is 22.1 Å². The van der Waals surface area contributed by atoms with E-state index >= 15 is 0 Å². The number of primary amides is 1. The smallest absolute Gasteiger partial charge is 0.338 e. The molecule has 0 spiro atoms. The summed E-state index contributed by atoms with van der Waals surface area (Å²) in [5.41, 5.74) is 7.15. The van der Waals surface area contributed by atoms with Crippen LogP contribution in [-0.2, 0) is 10.0 Å². The minimum Gasteiger partial charge on any atom is -0.440 e. The molecule has 0 aliphatic heterocycles. The number of urea groups is 1. The Morgan fingerprint density at radius 1 is 1.09 bits per heavy atom. The lowest BCUT2D eigenvalue weighted by molar-refractivity contribution is -0.0865. The van der Waals surface area contributed by atoms with Crippen molar-refractivity contribution in [1.82, 2.24) is 10.0 Å². The number of hydroxylamine groups is 2. The Morgan fingerprint density at radius 3 is 2.33 bits per heavy atom. The number of hydrogen-bond donors (Lipinski definition) is 3. The van der Waals surface area contributed by atoms with E-state index in [9.17, 15) is 18.4 Å². The maximum absolute atomic E-state index is 11.6. The van der Waals surface area contributed by atoms with Crippen LogP contribution in [0.2, 0.25) is 5.02 Å². The Morgan fingerprint density at radius 2 is 1.73 bits per heavy atom. The lowest BCUT2D eigenvalue weighted by atomic mass is 9.85. The standard InChI is InChI=1S/C22H23ClN4O5S/c23-16-8-4-14(5-9-16)20-19(13-6-10-18(11-7-13)33(25,30)31)26-21(32-20)15-2-1-3-17(12-15)27(29)22(24)28/h4-11,15,17,29H,1-3,12H2,(H2,24,28)(H2,25,30,31). The third kappa shape index (κ3) is 5.03. The van der Waals surface area contributed by atoms with Gasteiger partial charge >= 0.3 is 6.03 Å². The molecule has 4 rings (SSSR count). The minimum atomic E-state index is -3.83. The zero-order valence-electron chi connectivity index (χ0n) is 17.5. The highest BCUT2D eigenvalue weighted by molar-refractivity contribution is 7.89. The first-order valence-corrected chi connectivity index (χ1v) is 12.2. The molecule has 2 atom stereocenters. The number of benzene rings is 2. The van der Waals surface area contributed by atoms with Crippen molar-refractivity contribution in [3.05, 3.63) is 59.4 Å². The van der Waals surface area contributed by atoms with Crippen molar-refractivity contribution in [2.75, 3.05) is 0 Å². The maximum atomic E-state index is 11.6. The molecule has 1 fully saturated rings. The molecule has 1 aromatic heterocycles. The number of halogens is 1. The average molecular weight is 491 g/mol. The summed E-state index contributed by atoms with van der Waals surface area (Å²) in [4.78, 5) is 16.1. The number of oxazole rings is 1. The summed E-state index contributed by atoms with van der Waals surface area (Å²) in [6.45, 7) is 0. The van der Waals surface area contributed by atoms with Crippen LogP contribution < -0.4 is 10.9 Å². The van der Waals surface area contributed by atoms with Crippen molar-refractivity contribution < 1.29 is 22.8 Å². The molecule has 174 valence electrons. The number of carbonyl (C=O) groups is 1. The summed E-state index contributed by atoms with van der Waals surface area (Å²) in [6, 6.07) is 11.8. The molecular formula is C22H23ClN4O5S. The van der Waals surface area contributed by atoms with Gasteiger partial charge in [-0.3, -0.25) is 5.21 Å². The lowest BCUT2D eigenvalue weighted by Crippen LogP contribution is -2.43. The van der Waals surface area contributed by atoms with Gasteiger partial charge in [-0.25, -0.2) is 28.4 Å². The highest BCUT2D eigenvalue weighted by Crippen LogP contribution is 2.40. The molecule has 2 aromatic carbocycles. The first-order valence-electron chi connectivity index (χ1n) is 10.3. The van der Waals surface area contributed by atoms with Crippen LogP contribution in [0.4, 0.5) is 4.79 Å². The fourth-order valence-electron chi connectivity index (χ4n) is 4.10. The van der Waals surface area contributed by atoms with Crippen LogP contribution in [0.25, 0.3) is 22.6 Å². The van der Waals surface area contributed by atoms with Crippen LogP contribution in [0.1, 0.15) is 37.5 Å². The summed E-state index contributed by atoms with van der Waals surface area (Å²) in [6.07, 6.45) is 2.61. The number of hydrogen-bond acceptors (Lipinski definition) is 6. The van der Waals surface area contributed by atoms with Gasteiger partial charge < -0.3 is 10.2 Å². The number of amides is 2. The van der Waals surface area contributed by atoms with E-state index in [-0.39, 0.29) is 10.8 Å². The maximum Gasteiger partial charge on any atom is 0.338 e. The molecule has 33 heavy (non-hydrogen) atoms. The SMILES string of the molecule is NC(=O)N(O)C1CCCC(c2nc(-c3ccc(S(N)(=O)=O)cc3)c(-c3ccc(Cl)cc3)o2)C1. The normalized spacial score (nSPS) is 18.8. The zero-order valence-corrected chi connectivity index (χ0v) is 19.1. The summed E-state index contributed by atoms with van der Waals surface area (Å²) < 4.78 is 29.4. The van der Waals surface area contributed by atoms with Crippen LogP contribution in [0.5, 0.6) is 0 Å². The second-order valence-electron chi connectivity index (χ2n) is 8.01. The predicted molar refractivity (Wildman–Crippen MR) is 122 cm³/mol. The first kappa shape index (κ1) is 23.2. The number of rotatable bonds is 5. The van der Waals surface area contributed by atoms with Crippen LogP contribution in [0.15, 0.2) is 57.8 Å². The summed E-state index contributed by atoms with van der Waals surface area (Å²) in [7, 11) is -3.83. The average Bonchev–Trinajstić information content (AvgIpc) is 3.24. The molecule has 0 radical (unpaired) electrons. The molecule has 3 aromatic rings. The lowest BCUT2D eigenvalue weighted by Gasteiger charge is -2.31. The summed E-state index contributed by atoms with van der Waals surface area (Å²) >= 11 is 6.03. The van der Waals surface area contributed by atoms with E-state index in [0.29, 0.717) is 45.8 Å². The molecule has 1 aliphatic carbocycles. The number of sulfonamides is 1. The van der Waals surface area contributed by atoms with Crippen molar-refractivity contribution in [2.24, 2.45) is 10.9 Å². The van der Waals surface area contributed by atoms with Crippen molar-refractivity contribution in [2.45, 2.75) is 42.5 Å². The van der Waals surface area contributed by atoms with Gasteiger partial charge in [-0.15, -0.1) is 0 Å². The largest absolute Gasteiger partial charge is 0.440 e. The topological polar surface area (TPSA) is 153 Å². The molecule has 1 heterocycles. The van der Waals surface area contributed by atoms with Crippen LogP contribution in [0.3, 0.4) is 0 Å². The van der Waals surface area contributed by atoms with Gasteiger partial charge in [-0.05, 0) is 55.7 Å². The molecule has 1 aliphatic rings. The van der Waals surface area contributed by atoms with E-state index in [4.69, 9.17) is 31.9 Å². The van der Waals surface area contributed by atoms with Crippen molar-refractivity contribution >= 4 is 27.7 Å². The number of carbonyl (C=O) groups excluding carboxylic acids is 1. The molecule has 5 N–H and O–H groups in total. The van der Waals surface area contributed by atoms with Gasteiger partial charge in [0.1, 0.15) is 5.69 Å². The van der Waals surface area contributed by atoms with Crippen molar-refractivity contribution in [3.8, 4) is 22.6 Å². The molecule has 9 nitrogen and oxygen atoms in total. The number of nitrogens with two attached hydrogens (primary N) is 2. The van der Waals surface area contributed by atoms with Gasteiger partial charge in [0.25, 0.3) is 0 Å². The van der Waals surface area contributed by atoms with Gasteiger partial charge in [-0.2, -0.15) is 0 Å². The Hall–Kier alpha value is -2.92. The van der Waals surface area contributed by atoms with Crippen LogP contribution in [0, 0.1) is 0 Å². The fraction of sp³-hybridized carbons (Fsp3) is 0.273. The Labute approximate surface area is 196 Å². The van der Waals surface area contributed by atoms with E-state index in [1.54, 1.807) is 36.4 Å². The van der Waals surface area contributed by atoms with Crippen LogP contribution >= 0.6 is 11.6 Å². The molecule has 0 saturated heterocycles. The summed E-state index contributed by atoms with van der Waals surface area (Å²) in [5.74, 6) is 0.831. The number of nitrogens with zero attached hydrogens (tertiary/aromatic N) is 2. The second-order valence-corrected chi connectivity index (χ2v) is 10.0. The third-order valence-electron chi connectivity index (χ3n) is 5.77. The van der Waals surface area contributed by atoms with Crippen molar-refractivity contribution in [1.29, 1.82) is 0 Å². The van der Waals surface area contributed by atoms with Gasteiger partial charge in [0, 0.05) is 22.1 Å². The second kappa shape index (κ2) is 9.14. The third-order valence-corrected chi connectivity index (χ3v) is 6.96. The van der Waals surface area contributed by atoms with Gasteiger partial charge in [0.05, 0.1) is 10.9 Å². The highest BCUT2D eigenvalue weighted by Gasteiger charge is 2.32. The van der Waals surface area contributed by atoms with Gasteiger partial charge in [-0.1, -0.05) is 30.2 Å². The Bertz CT molecular complexity index is 1260. The van der Waals surface area contributed by atoms with E-state index in [2.05, 4.69) is 0 Å². The quantitative estimate of drug-likeness (QED) is 0.361. The molecule has 11 heteroatoms. The minimum absolute atomic E-state index is 0.00683. The van der Waals surface area contributed by atoms with E-state index in [0.717, 1.165) is 18.4 Å². The first-order chi connectivity index (χ1) is 15.6. The van der Waals surface area contributed by atoms with E-state index in [1.165, 1.54) is 12.1 Å². The summed E-state index contributed by atoms with van der Waals surface area (Å²) in [5, 5.41) is 16.3. The predicted octanol–water partition coefficient (Wildman–Crippen LogP) is 4.11.